The monoisotopic (exact) mass is 172 g/mol. The summed E-state index contributed by atoms with van der Waals surface area (Å²) in [5.41, 5.74) is 0. The van der Waals surface area contributed by atoms with Crippen molar-refractivity contribution in [1.29, 1.82) is 0 Å². The average molecular weight is 172 g/mol. The molecule has 0 aromatic heterocycles. The highest BCUT2D eigenvalue weighted by molar-refractivity contribution is 6.75. The minimum absolute atomic E-state index is 0.818. The summed E-state index contributed by atoms with van der Waals surface area (Å²) in [6, 6.07) is 2.80. The van der Waals surface area contributed by atoms with Gasteiger partial charge in [0.25, 0.3) is 0 Å². The summed E-state index contributed by atoms with van der Waals surface area (Å²) in [5.74, 6) is 0. The van der Waals surface area contributed by atoms with E-state index in [0.717, 1.165) is 0 Å². The molecule has 58 valence electrons. The number of nitrogens with zero attached hydrogens (tertiary/aromatic N) is 2. The second kappa shape index (κ2) is 3.86. The summed E-state index contributed by atoms with van der Waals surface area (Å²) in [6.07, 6.45) is 0. The van der Waals surface area contributed by atoms with Crippen molar-refractivity contribution in [2.24, 2.45) is 9.32 Å². The molecule has 0 heterocycles. The Hall–Kier alpha value is -0.186. The lowest BCUT2D eigenvalue weighted by atomic mass is 11.6. The fourth-order valence-corrected chi connectivity index (χ4v) is 1.06. The van der Waals surface area contributed by atoms with E-state index in [-0.39, 0.29) is 0 Å². The van der Waals surface area contributed by atoms with Gasteiger partial charge in [0.1, 0.15) is 0 Å². The van der Waals surface area contributed by atoms with Crippen molar-refractivity contribution >= 4 is 23.2 Å². The zero-order valence-corrected chi connectivity index (χ0v) is 9.63. The predicted octanol–water partition coefficient (Wildman–Crippen LogP) is 1.98. The second-order valence-corrected chi connectivity index (χ2v) is 10.6. The molecule has 0 aliphatic heterocycles. The Bertz CT molecular complexity index is 152. The van der Waals surface area contributed by atoms with Crippen molar-refractivity contribution in [2.75, 3.05) is 0 Å². The topological polar surface area (TPSA) is 24.7 Å². The van der Waals surface area contributed by atoms with E-state index >= 15 is 0 Å². The van der Waals surface area contributed by atoms with Crippen LogP contribution in [-0.4, -0.2) is 23.2 Å². The van der Waals surface area contributed by atoms with Gasteiger partial charge in [-0.3, -0.25) is 9.32 Å². The Morgan fingerprint density at radius 3 is 2.00 bits per heavy atom. The predicted molar refractivity (Wildman–Crippen MR) is 52.1 cm³/mol. The molecule has 0 saturated heterocycles. The maximum atomic E-state index is 4.25. The molecule has 0 amide bonds. The molecule has 0 N–H and O–H groups in total. The van der Waals surface area contributed by atoms with Crippen LogP contribution in [0.2, 0.25) is 32.7 Å². The highest BCUT2D eigenvalue weighted by atomic mass is 28.3. The van der Waals surface area contributed by atoms with E-state index < -0.39 is 17.2 Å². The largest absolute Gasteiger partial charge is 0.272 e. The summed E-state index contributed by atoms with van der Waals surface area (Å²) in [4.78, 5) is 0. The van der Waals surface area contributed by atoms with Crippen LogP contribution in [0.3, 0.4) is 0 Å². The number of rotatable bonds is 2. The molecule has 0 unspecified atom stereocenters. The van der Waals surface area contributed by atoms with Gasteiger partial charge in [-0.15, -0.1) is 0 Å². The van der Waals surface area contributed by atoms with Gasteiger partial charge in [0.05, 0.1) is 6.01 Å². The van der Waals surface area contributed by atoms with Crippen molar-refractivity contribution < 1.29 is 0 Å². The van der Waals surface area contributed by atoms with Crippen molar-refractivity contribution in [2.45, 2.75) is 32.7 Å². The molecule has 0 rings (SSSR count). The number of hydrogen-bond acceptors (Lipinski definition) is 2. The van der Waals surface area contributed by atoms with Crippen LogP contribution >= 0.6 is 0 Å². The van der Waals surface area contributed by atoms with E-state index in [2.05, 4.69) is 48.1 Å². The first-order chi connectivity index (χ1) is 4.42. The Morgan fingerprint density at radius 2 is 1.70 bits per heavy atom. The van der Waals surface area contributed by atoms with E-state index in [1.54, 1.807) is 0 Å². The van der Waals surface area contributed by atoms with Crippen LogP contribution in [0.5, 0.6) is 0 Å². The molecule has 0 fully saturated rings. The highest BCUT2D eigenvalue weighted by Gasteiger charge is 2.09. The fraction of sp³-hybridized carbons (Fsp3) is 0.833. The Kier molecular flexibility index (Phi) is 3.78. The lowest BCUT2D eigenvalue weighted by Gasteiger charge is -2.03. The van der Waals surface area contributed by atoms with Gasteiger partial charge in [-0.05, 0) is 19.6 Å². The fourth-order valence-electron chi connectivity index (χ4n) is 0.294. The third kappa shape index (κ3) is 7.81. The molecule has 0 spiro atoms. The van der Waals surface area contributed by atoms with E-state index in [0.29, 0.717) is 0 Å². The Morgan fingerprint density at radius 1 is 1.20 bits per heavy atom. The average Bonchev–Trinajstić information content (AvgIpc) is 1.59. The van der Waals surface area contributed by atoms with Gasteiger partial charge in [0.15, 0.2) is 17.2 Å². The molecular weight excluding hydrogens is 156 g/mol. The lowest BCUT2D eigenvalue weighted by molar-refractivity contribution is 1.57. The Balaban J connectivity index is 3.99. The van der Waals surface area contributed by atoms with Crippen molar-refractivity contribution in [3.63, 3.8) is 0 Å². The lowest BCUT2D eigenvalue weighted by Crippen LogP contribution is -2.15. The summed E-state index contributed by atoms with van der Waals surface area (Å²) >= 11 is 0. The van der Waals surface area contributed by atoms with Crippen LogP contribution in [-0.2, 0) is 0 Å². The standard InChI is InChI=1S/C6H16N2Si2/c1-9(2)7-6-8-10(3,4)5/h9H,1-5H3. The molecule has 10 heavy (non-hydrogen) atoms. The van der Waals surface area contributed by atoms with Crippen molar-refractivity contribution in [3.05, 3.63) is 0 Å². The van der Waals surface area contributed by atoms with Crippen LogP contribution in [0.1, 0.15) is 0 Å². The van der Waals surface area contributed by atoms with E-state index in [1.165, 1.54) is 0 Å². The third-order valence-electron chi connectivity index (χ3n) is 0.701. The molecule has 0 saturated carbocycles. The minimum Gasteiger partial charge on any atom is -0.272 e. The first-order valence-electron chi connectivity index (χ1n) is 3.58. The molecule has 0 bridgehead atoms. The quantitative estimate of drug-likeness (QED) is 0.449. The minimum atomic E-state index is -1.28. The Labute approximate surface area is 65.9 Å². The van der Waals surface area contributed by atoms with Gasteiger partial charge in [0, 0.05) is 0 Å². The second-order valence-electron chi connectivity index (χ2n) is 3.61. The van der Waals surface area contributed by atoms with Gasteiger partial charge in [-0.2, -0.15) is 0 Å². The highest BCUT2D eigenvalue weighted by Crippen LogP contribution is 1.98. The summed E-state index contributed by atoms with van der Waals surface area (Å²) in [5, 5.41) is 0. The maximum absolute atomic E-state index is 4.25. The number of hydrogen-bond donors (Lipinski definition) is 0. The summed E-state index contributed by atoms with van der Waals surface area (Å²) < 4.78 is 8.42. The van der Waals surface area contributed by atoms with E-state index in [4.69, 9.17) is 0 Å². The van der Waals surface area contributed by atoms with Crippen LogP contribution in [0, 0.1) is 0 Å². The molecular formula is C6H16N2Si2. The van der Waals surface area contributed by atoms with Crippen LogP contribution in [0.15, 0.2) is 9.32 Å². The molecule has 0 aromatic carbocycles. The van der Waals surface area contributed by atoms with Crippen LogP contribution in [0.4, 0.5) is 0 Å². The van der Waals surface area contributed by atoms with Gasteiger partial charge >= 0.3 is 0 Å². The molecule has 0 aliphatic rings. The van der Waals surface area contributed by atoms with Crippen LogP contribution in [0.25, 0.3) is 0 Å². The molecule has 2 nitrogen and oxygen atoms in total. The first-order valence-corrected chi connectivity index (χ1v) is 9.86. The van der Waals surface area contributed by atoms with Crippen LogP contribution < -0.4 is 0 Å². The zero-order valence-electron chi connectivity index (χ0n) is 7.47. The third-order valence-corrected chi connectivity index (χ3v) is 2.10. The molecule has 0 aliphatic carbocycles. The zero-order chi connectivity index (χ0) is 8.20. The molecule has 4 heteroatoms. The first kappa shape index (κ1) is 9.81. The normalized spacial score (nSPS) is 11.0. The molecule has 0 radical (unpaired) electrons. The van der Waals surface area contributed by atoms with Gasteiger partial charge < -0.3 is 0 Å². The maximum Gasteiger partial charge on any atom is 0.186 e. The summed E-state index contributed by atoms with van der Waals surface area (Å²) in [6.45, 7) is 10.9. The SMILES string of the molecule is C[SiH](C)N=C=N[Si](C)(C)C. The molecule has 0 aromatic rings. The van der Waals surface area contributed by atoms with Crippen molar-refractivity contribution in [1.82, 2.24) is 0 Å². The van der Waals surface area contributed by atoms with E-state index in [9.17, 15) is 0 Å². The summed E-state index contributed by atoms with van der Waals surface area (Å²) in [7, 11) is -2.10. The molecule has 0 atom stereocenters. The van der Waals surface area contributed by atoms with Gasteiger partial charge in [-0.1, -0.05) is 13.1 Å². The van der Waals surface area contributed by atoms with Crippen molar-refractivity contribution in [3.8, 4) is 0 Å². The smallest absolute Gasteiger partial charge is 0.186 e. The van der Waals surface area contributed by atoms with Gasteiger partial charge in [-0.25, -0.2) is 0 Å². The van der Waals surface area contributed by atoms with E-state index in [1.807, 2.05) is 0 Å². The van der Waals surface area contributed by atoms with Gasteiger partial charge in [0.2, 0.25) is 0 Å².